The van der Waals surface area contributed by atoms with Crippen LogP contribution in [0.4, 0.5) is 0 Å². The number of aryl methyl sites for hydroxylation is 1. The van der Waals surface area contributed by atoms with E-state index in [1.807, 2.05) is 18.2 Å². The Morgan fingerprint density at radius 3 is 2.61 bits per heavy atom. The van der Waals surface area contributed by atoms with Crippen molar-refractivity contribution in [1.82, 2.24) is 4.90 Å². The molecule has 0 saturated heterocycles. The molecule has 1 aliphatic rings. The third-order valence-corrected chi connectivity index (χ3v) is 5.27. The average Bonchev–Trinajstić information content (AvgIpc) is 3.30. The molecule has 0 fully saturated rings. The molecule has 0 saturated carbocycles. The molecule has 0 aliphatic carbocycles. The summed E-state index contributed by atoms with van der Waals surface area (Å²) in [6, 6.07) is 14.4. The molecule has 0 N–H and O–H groups in total. The fourth-order valence-electron chi connectivity index (χ4n) is 3.71. The normalized spacial score (nSPS) is 13.6. The van der Waals surface area contributed by atoms with Gasteiger partial charge < -0.3 is 23.0 Å². The van der Waals surface area contributed by atoms with Gasteiger partial charge in [-0.2, -0.15) is 0 Å². The Bertz CT molecular complexity index is 1270. The lowest BCUT2D eigenvalue weighted by Crippen LogP contribution is -2.31. The minimum Gasteiger partial charge on any atom is -0.497 e. The number of benzene rings is 2. The first-order valence-electron chi connectivity index (χ1n) is 9.91. The molecular weight excluding hydrogens is 398 g/mol. The lowest BCUT2D eigenvalue weighted by atomic mass is 10.1. The molecule has 31 heavy (non-hydrogen) atoms. The molecule has 3 heterocycles. The standard InChI is InChI=1S/C24H21NO6/c1-15-23(31-17-7-5-16(27-2)6-8-17)22(26)19-9-10-21-20(24(19)30-15)13-25(14-29-21)12-18-4-3-11-28-18/h3-11H,12-14H2,1-2H3. The van der Waals surface area contributed by atoms with Gasteiger partial charge in [0, 0.05) is 6.54 Å². The highest BCUT2D eigenvalue weighted by molar-refractivity contribution is 5.83. The number of furan rings is 1. The van der Waals surface area contributed by atoms with Crippen molar-refractivity contribution < 1.29 is 23.0 Å². The van der Waals surface area contributed by atoms with Crippen LogP contribution in [0.1, 0.15) is 17.1 Å². The lowest BCUT2D eigenvalue weighted by Gasteiger charge is -2.28. The Kier molecular flexibility index (Phi) is 4.88. The van der Waals surface area contributed by atoms with E-state index in [1.54, 1.807) is 50.6 Å². The zero-order chi connectivity index (χ0) is 21.4. The third-order valence-electron chi connectivity index (χ3n) is 5.27. The van der Waals surface area contributed by atoms with Crippen LogP contribution in [0.25, 0.3) is 11.0 Å². The van der Waals surface area contributed by atoms with E-state index in [4.69, 9.17) is 23.0 Å². The summed E-state index contributed by atoms with van der Waals surface area (Å²) in [4.78, 5) is 15.3. The predicted octanol–water partition coefficient (Wildman–Crippen LogP) is 4.85. The van der Waals surface area contributed by atoms with Crippen LogP contribution in [-0.2, 0) is 13.1 Å². The van der Waals surface area contributed by atoms with Gasteiger partial charge in [0.2, 0.25) is 11.2 Å². The third kappa shape index (κ3) is 3.64. The van der Waals surface area contributed by atoms with E-state index in [2.05, 4.69) is 4.90 Å². The van der Waals surface area contributed by atoms with Gasteiger partial charge in [0.15, 0.2) is 0 Å². The number of methoxy groups -OCH3 is 1. The van der Waals surface area contributed by atoms with Gasteiger partial charge in [-0.1, -0.05) is 0 Å². The first-order chi connectivity index (χ1) is 15.1. The van der Waals surface area contributed by atoms with Crippen LogP contribution in [0, 0.1) is 6.92 Å². The number of hydrogen-bond donors (Lipinski definition) is 0. The van der Waals surface area contributed by atoms with Gasteiger partial charge in [-0.25, -0.2) is 0 Å². The van der Waals surface area contributed by atoms with Crippen molar-refractivity contribution >= 4 is 11.0 Å². The van der Waals surface area contributed by atoms with Crippen LogP contribution >= 0.6 is 0 Å². The smallest absolute Gasteiger partial charge is 0.235 e. The number of nitrogens with zero attached hydrogens (tertiary/aromatic N) is 1. The summed E-state index contributed by atoms with van der Waals surface area (Å²) in [5, 5.41) is 0.455. The summed E-state index contributed by atoms with van der Waals surface area (Å²) in [6.45, 7) is 3.34. The van der Waals surface area contributed by atoms with Crippen molar-refractivity contribution in [3.8, 4) is 23.0 Å². The molecule has 4 aromatic rings. The highest BCUT2D eigenvalue weighted by Gasteiger charge is 2.24. The van der Waals surface area contributed by atoms with Gasteiger partial charge in [0.05, 0.1) is 30.9 Å². The highest BCUT2D eigenvalue weighted by atomic mass is 16.5. The van der Waals surface area contributed by atoms with Crippen molar-refractivity contribution in [1.29, 1.82) is 0 Å². The lowest BCUT2D eigenvalue weighted by molar-refractivity contribution is 0.0826. The van der Waals surface area contributed by atoms with Crippen LogP contribution in [0.2, 0.25) is 0 Å². The zero-order valence-corrected chi connectivity index (χ0v) is 17.2. The minimum atomic E-state index is -0.222. The van der Waals surface area contributed by atoms with E-state index in [0.717, 1.165) is 17.1 Å². The van der Waals surface area contributed by atoms with E-state index < -0.39 is 0 Å². The van der Waals surface area contributed by atoms with Gasteiger partial charge in [-0.05, 0) is 55.5 Å². The van der Waals surface area contributed by atoms with Crippen molar-refractivity contribution in [2.24, 2.45) is 0 Å². The molecule has 2 aromatic heterocycles. The van der Waals surface area contributed by atoms with Crippen LogP contribution in [0.3, 0.4) is 0 Å². The second kappa shape index (κ2) is 7.85. The van der Waals surface area contributed by atoms with Crippen LogP contribution < -0.4 is 19.6 Å². The second-order valence-electron chi connectivity index (χ2n) is 7.35. The van der Waals surface area contributed by atoms with Crippen molar-refractivity contribution in [3.63, 3.8) is 0 Å². The van der Waals surface area contributed by atoms with Crippen LogP contribution in [-0.4, -0.2) is 18.7 Å². The fourth-order valence-corrected chi connectivity index (χ4v) is 3.71. The van der Waals surface area contributed by atoms with Crippen molar-refractivity contribution in [3.05, 3.63) is 82.1 Å². The average molecular weight is 419 g/mol. The molecule has 7 nitrogen and oxygen atoms in total. The topological polar surface area (TPSA) is 74.3 Å². The SMILES string of the molecule is COc1ccc(Oc2c(C)oc3c4c(ccc3c2=O)OCN(Cc2ccco2)C4)cc1. The maximum atomic E-state index is 13.2. The van der Waals surface area contributed by atoms with Crippen molar-refractivity contribution in [2.45, 2.75) is 20.0 Å². The molecule has 0 unspecified atom stereocenters. The number of hydrogen-bond acceptors (Lipinski definition) is 7. The molecule has 0 atom stereocenters. The Morgan fingerprint density at radius 1 is 1.06 bits per heavy atom. The number of rotatable bonds is 5. The molecule has 1 aliphatic heterocycles. The molecule has 5 rings (SSSR count). The fraction of sp³-hybridized carbons (Fsp3) is 0.208. The van der Waals surface area contributed by atoms with Gasteiger partial charge >= 0.3 is 0 Å². The Labute approximate surface area is 178 Å². The number of ether oxygens (including phenoxy) is 3. The second-order valence-corrected chi connectivity index (χ2v) is 7.35. The molecule has 158 valence electrons. The molecule has 2 aromatic carbocycles. The van der Waals surface area contributed by atoms with Gasteiger partial charge in [-0.3, -0.25) is 9.69 Å². The monoisotopic (exact) mass is 419 g/mol. The minimum absolute atomic E-state index is 0.168. The Hall–Kier alpha value is -3.71. The zero-order valence-electron chi connectivity index (χ0n) is 17.2. The van der Waals surface area contributed by atoms with Gasteiger partial charge in [0.25, 0.3) is 0 Å². The molecule has 0 bridgehead atoms. The largest absolute Gasteiger partial charge is 0.497 e. The maximum Gasteiger partial charge on any atom is 0.235 e. The molecular formula is C24H21NO6. The molecule has 0 amide bonds. The Balaban J connectivity index is 1.50. The first-order valence-corrected chi connectivity index (χ1v) is 9.91. The Morgan fingerprint density at radius 2 is 1.87 bits per heavy atom. The van der Waals surface area contributed by atoms with E-state index in [-0.39, 0.29) is 11.2 Å². The van der Waals surface area contributed by atoms with Crippen LogP contribution in [0.15, 0.2) is 68.4 Å². The summed E-state index contributed by atoms with van der Waals surface area (Å²) in [7, 11) is 1.60. The summed E-state index contributed by atoms with van der Waals surface area (Å²) >= 11 is 0. The molecule has 0 radical (unpaired) electrons. The summed E-state index contributed by atoms with van der Waals surface area (Å²) in [5.41, 5.74) is 1.14. The highest BCUT2D eigenvalue weighted by Crippen LogP contribution is 2.34. The quantitative estimate of drug-likeness (QED) is 0.458. The van der Waals surface area contributed by atoms with E-state index in [1.165, 1.54) is 0 Å². The summed E-state index contributed by atoms with van der Waals surface area (Å²) in [6.07, 6.45) is 1.65. The summed E-state index contributed by atoms with van der Waals surface area (Å²) < 4.78 is 28.5. The van der Waals surface area contributed by atoms with E-state index >= 15 is 0 Å². The van der Waals surface area contributed by atoms with Gasteiger partial charge in [-0.15, -0.1) is 0 Å². The van der Waals surface area contributed by atoms with E-state index in [0.29, 0.717) is 48.0 Å². The molecule has 0 spiro atoms. The summed E-state index contributed by atoms with van der Waals surface area (Å²) in [5.74, 6) is 3.38. The van der Waals surface area contributed by atoms with Crippen molar-refractivity contribution in [2.75, 3.05) is 13.8 Å². The number of fused-ring (bicyclic) bond motifs is 3. The van der Waals surface area contributed by atoms with Crippen LogP contribution in [0.5, 0.6) is 23.0 Å². The molecule has 7 heteroatoms. The first kappa shape index (κ1) is 19.3. The maximum absolute atomic E-state index is 13.2. The predicted molar refractivity (Wildman–Crippen MR) is 114 cm³/mol. The van der Waals surface area contributed by atoms with E-state index in [9.17, 15) is 4.79 Å². The van der Waals surface area contributed by atoms with Gasteiger partial charge in [0.1, 0.15) is 41.1 Å².